The molecule has 8 heteroatoms. The average molecular weight is 783 g/mol. The van der Waals surface area contributed by atoms with E-state index in [4.69, 9.17) is 26.9 Å². The molecule has 0 bridgehead atoms. The highest BCUT2D eigenvalue weighted by molar-refractivity contribution is 6.12. The summed E-state index contributed by atoms with van der Waals surface area (Å²) in [6, 6.07) is 53.3. The van der Waals surface area contributed by atoms with Crippen molar-refractivity contribution < 1.29 is 0 Å². The molecule has 0 saturated carbocycles. The van der Waals surface area contributed by atoms with E-state index in [1.165, 1.54) is 28.4 Å². The number of amidine groups is 2. The van der Waals surface area contributed by atoms with Gasteiger partial charge < -0.3 is 32.1 Å². The first-order valence-corrected chi connectivity index (χ1v) is 19.9. The van der Waals surface area contributed by atoms with Crippen molar-refractivity contribution in [3.05, 3.63) is 228 Å². The average Bonchev–Trinajstić information content (AvgIpc) is 3.64. The zero-order valence-electron chi connectivity index (χ0n) is 33.2. The molecule has 0 spiro atoms. The van der Waals surface area contributed by atoms with Crippen LogP contribution in [-0.2, 0) is 6.42 Å². The van der Waals surface area contributed by atoms with Crippen LogP contribution in [0.4, 0.5) is 5.69 Å². The van der Waals surface area contributed by atoms with E-state index in [1.807, 2.05) is 115 Å². The highest BCUT2D eigenvalue weighted by Gasteiger charge is 2.20. The Bertz CT molecular complexity index is 2790. The standard InChI is InChI=1S/C52H46N8/c1-35(57-52(41-18-8-4-9-19-41)59-51(55)40-16-6-3-7-17-40)37-26-28-39(29-27-37)50(58-46(34-53)36(2)56-42-20-10-5-11-21-42)49(54)38-30-32-43(33-31-38)60-47-24-14-12-22-44(47)45-23-13-15-25-48(45)60/h3-14,16-24,26-34,46,53,56,58H,1-2,15,25,54H2,(H2,55,57,59)/b50-49-,53-34?. The molecule has 1 atom stereocenters. The fraction of sp³-hybridized carbons (Fsp3) is 0.0577. The third-order valence-electron chi connectivity index (χ3n) is 10.6. The van der Waals surface area contributed by atoms with Gasteiger partial charge in [-0.2, -0.15) is 0 Å². The Morgan fingerprint density at radius 3 is 1.95 bits per heavy atom. The van der Waals surface area contributed by atoms with E-state index in [0.29, 0.717) is 34.5 Å². The molecule has 8 rings (SSSR count). The summed E-state index contributed by atoms with van der Waals surface area (Å²) in [7, 11) is 0. The second kappa shape index (κ2) is 17.7. The van der Waals surface area contributed by atoms with Gasteiger partial charge in [-0.05, 0) is 59.9 Å². The van der Waals surface area contributed by atoms with E-state index in [1.54, 1.807) is 0 Å². The molecule has 7 N–H and O–H groups in total. The van der Waals surface area contributed by atoms with Crippen molar-refractivity contribution in [2.75, 3.05) is 5.32 Å². The number of fused-ring (bicyclic) bond motifs is 3. The van der Waals surface area contributed by atoms with Gasteiger partial charge in [-0.15, -0.1) is 0 Å². The number of para-hydroxylation sites is 2. The first-order valence-electron chi connectivity index (χ1n) is 19.9. The second-order valence-electron chi connectivity index (χ2n) is 14.5. The minimum atomic E-state index is -0.593. The summed E-state index contributed by atoms with van der Waals surface area (Å²) in [4.78, 5) is 9.63. The minimum Gasteiger partial charge on any atom is -0.397 e. The van der Waals surface area contributed by atoms with Crippen LogP contribution in [0.2, 0.25) is 0 Å². The van der Waals surface area contributed by atoms with E-state index in [2.05, 4.69) is 89.0 Å². The van der Waals surface area contributed by atoms with Crippen LogP contribution in [0.25, 0.3) is 39.8 Å². The van der Waals surface area contributed by atoms with E-state index in [-0.39, 0.29) is 0 Å². The predicted molar refractivity (Wildman–Crippen MR) is 252 cm³/mol. The molecule has 1 aliphatic rings. The van der Waals surface area contributed by atoms with Crippen molar-refractivity contribution in [2.24, 2.45) is 21.5 Å². The summed E-state index contributed by atoms with van der Waals surface area (Å²) in [6.07, 6.45) is 7.80. The number of aromatic nitrogens is 1. The van der Waals surface area contributed by atoms with Crippen LogP contribution in [-0.4, -0.2) is 28.5 Å². The molecule has 1 aliphatic carbocycles. The van der Waals surface area contributed by atoms with Gasteiger partial charge in [0, 0.05) is 51.1 Å². The maximum Gasteiger partial charge on any atom is 0.162 e. The molecule has 8 nitrogen and oxygen atoms in total. The van der Waals surface area contributed by atoms with Crippen molar-refractivity contribution >= 4 is 57.6 Å². The van der Waals surface area contributed by atoms with E-state index in [9.17, 15) is 0 Å². The number of benzene rings is 6. The fourth-order valence-electron chi connectivity index (χ4n) is 7.44. The van der Waals surface area contributed by atoms with Gasteiger partial charge in [0.05, 0.1) is 22.6 Å². The van der Waals surface area contributed by atoms with E-state index >= 15 is 0 Å². The van der Waals surface area contributed by atoms with Crippen LogP contribution in [0.1, 0.15) is 45.5 Å². The van der Waals surface area contributed by atoms with Crippen molar-refractivity contribution in [1.29, 1.82) is 5.41 Å². The second-order valence-corrected chi connectivity index (χ2v) is 14.5. The lowest BCUT2D eigenvalue weighted by Crippen LogP contribution is -2.34. The normalized spacial score (nSPS) is 13.5. The maximum atomic E-state index is 8.43. The lowest BCUT2D eigenvalue weighted by molar-refractivity contribution is 0.864. The highest BCUT2D eigenvalue weighted by Crippen LogP contribution is 2.34. The van der Waals surface area contributed by atoms with Crippen molar-refractivity contribution in [3.8, 4) is 5.69 Å². The monoisotopic (exact) mass is 782 g/mol. The fourth-order valence-corrected chi connectivity index (χ4v) is 7.44. The Morgan fingerprint density at radius 2 is 1.27 bits per heavy atom. The number of hydrogen-bond acceptors (Lipinski definition) is 5. The van der Waals surface area contributed by atoms with Gasteiger partial charge in [0.2, 0.25) is 0 Å². The number of anilines is 1. The van der Waals surface area contributed by atoms with Crippen molar-refractivity contribution in [1.82, 2.24) is 9.88 Å². The van der Waals surface area contributed by atoms with Crippen LogP contribution in [0, 0.1) is 5.41 Å². The molecular formula is C52H46N8. The molecule has 0 amide bonds. The summed E-state index contributed by atoms with van der Waals surface area (Å²) in [5.74, 6) is 0.803. The number of nitrogens with one attached hydrogen (secondary N) is 3. The van der Waals surface area contributed by atoms with Gasteiger partial charge in [-0.1, -0.05) is 159 Å². The lowest BCUT2D eigenvalue weighted by Gasteiger charge is -2.23. The van der Waals surface area contributed by atoms with E-state index in [0.717, 1.165) is 52.0 Å². The molecule has 0 radical (unpaired) electrons. The van der Waals surface area contributed by atoms with Crippen LogP contribution in [0.3, 0.4) is 0 Å². The van der Waals surface area contributed by atoms with Gasteiger partial charge in [0.1, 0.15) is 11.9 Å². The molecule has 1 unspecified atom stereocenters. The van der Waals surface area contributed by atoms with Gasteiger partial charge in [0.15, 0.2) is 5.84 Å². The number of hydrogen-bond donors (Lipinski definition) is 5. The lowest BCUT2D eigenvalue weighted by atomic mass is 10.0. The maximum absolute atomic E-state index is 8.43. The van der Waals surface area contributed by atoms with E-state index < -0.39 is 6.04 Å². The number of allylic oxidation sites excluding steroid dienone is 1. The Balaban J connectivity index is 1.15. The first-order chi connectivity index (χ1) is 29.4. The minimum absolute atomic E-state index is 0.355. The smallest absolute Gasteiger partial charge is 0.162 e. The zero-order valence-corrected chi connectivity index (χ0v) is 33.2. The Morgan fingerprint density at radius 1 is 0.667 bits per heavy atom. The molecule has 60 heavy (non-hydrogen) atoms. The van der Waals surface area contributed by atoms with Crippen LogP contribution in [0.15, 0.2) is 199 Å². The van der Waals surface area contributed by atoms with Gasteiger partial charge in [-0.25, -0.2) is 9.98 Å². The third-order valence-corrected chi connectivity index (χ3v) is 10.6. The molecule has 294 valence electrons. The quantitative estimate of drug-likeness (QED) is 0.0453. The molecule has 1 heterocycles. The molecule has 0 saturated heterocycles. The summed E-state index contributed by atoms with van der Waals surface area (Å²) in [6.45, 7) is 8.61. The summed E-state index contributed by atoms with van der Waals surface area (Å²) in [5.41, 5.74) is 25.6. The van der Waals surface area contributed by atoms with Gasteiger partial charge in [-0.3, -0.25) is 0 Å². The first kappa shape index (κ1) is 38.9. The molecule has 0 aliphatic heterocycles. The largest absolute Gasteiger partial charge is 0.397 e. The molecular weight excluding hydrogens is 737 g/mol. The summed E-state index contributed by atoms with van der Waals surface area (Å²) in [5, 5.41) is 16.6. The SMILES string of the molecule is C=C(N=C(N=C(N)c1ccccc1)c1ccccc1)c1ccc(/C(NC(C=N)C(=C)Nc2ccccc2)=C(/N)c2ccc(-n3c4c(c5ccccc53)C=CCC4)cc2)cc1. The van der Waals surface area contributed by atoms with Crippen LogP contribution < -0.4 is 22.1 Å². The van der Waals surface area contributed by atoms with Gasteiger partial charge in [0.25, 0.3) is 0 Å². The molecule has 1 aromatic heterocycles. The topological polar surface area (TPSA) is 130 Å². The van der Waals surface area contributed by atoms with Crippen LogP contribution in [0.5, 0.6) is 0 Å². The summed E-state index contributed by atoms with van der Waals surface area (Å²) >= 11 is 0. The highest BCUT2D eigenvalue weighted by atomic mass is 15.0. The Labute approximate surface area is 350 Å². The molecule has 6 aromatic carbocycles. The number of rotatable bonds is 13. The number of aliphatic imine (C=N–C) groups is 2. The zero-order chi connectivity index (χ0) is 41.4. The predicted octanol–water partition coefficient (Wildman–Crippen LogP) is 10.4. The number of nitrogens with two attached hydrogens (primary N) is 2. The van der Waals surface area contributed by atoms with Crippen LogP contribution >= 0.6 is 0 Å². The molecule has 0 fully saturated rings. The molecule has 7 aromatic rings. The van der Waals surface area contributed by atoms with Crippen molar-refractivity contribution in [3.63, 3.8) is 0 Å². The Hall–Kier alpha value is -7.97. The van der Waals surface area contributed by atoms with Crippen molar-refractivity contribution in [2.45, 2.75) is 18.9 Å². The summed E-state index contributed by atoms with van der Waals surface area (Å²) < 4.78 is 2.36. The third kappa shape index (κ3) is 8.35. The van der Waals surface area contributed by atoms with Gasteiger partial charge >= 0.3 is 0 Å². The number of nitrogens with zero attached hydrogens (tertiary/aromatic N) is 3. The Kier molecular flexibility index (Phi) is 11.4.